The molecule has 0 saturated heterocycles. The summed E-state index contributed by atoms with van der Waals surface area (Å²) in [4.78, 5) is 34.5. The molecule has 4 aromatic rings. The lowest BCUT2D eigenvalue weighted by molar-refractivity contribution is -0.126. The van der Waals surface area contributed by atoms with Crippen LogP contribution in [0.4, 0.5) is 4.79 Å². The molecule has 0 spiro atoms. The number of nitrogens with one attached hydrogen (secondary N) is 2. The van der Waals surface area contributed by atoms with Crippen molar-refractivity contribution in [2.75, 3.05) is 13.7 Å². The number of ketones is 1. The summed E-state index contributed by atoms with van der Waals surface area (Å²) in [5.74, 6) is 0.912. The van der Waals surface area contributed by atoms with Crippen molar-refractivity contribution in [3.8, 4) is 16.9 Å². The lowest BCUT2D eigenvalue weighted by atomic mass is 9.84. The predicted octanol–water partition coefficient (Wildman–Crippen LogP) is 6.78. The number of fused-ring (bicyclic) bond motifs is 6. The van der Waals surface area contributed by atoms with E-state index in [1.54, 1.807) is 0 Å². The molecule has 2 aliphatic rings. The van der Waals surface area contributed by atoms with E-state index in [0.29, 0.717) is 31.1 Å². The van der Waals surface area contributed by atoms with Gasteiger partial charge in [-0.1, -0.05) is 37.6 Å². The van der Waals surface area contributed by atoms with Gasteiger partial charge in [0.25, 0.3) is 0 Å². The van der Waals surface area contributed by atoms with E-state index in [4.69, 9.17) is 30.8 Å². The van der Waals surface area contributed by atoms with Gasteiger partial charge in [-0.15, -0.1) is 0 Å². The zero-order valence-electron chi connectivity index (χ0n) is 23.6. The molecule has 1 aliphatic carbocycles. The molecule has 3 aromatic carbocycles. The lowest BCUT2D eigenvalue weighted by Gasteiger charge is -2.26. The molecule has 1 aliphatic heterocycles. The SMILES string of the molecule is CCO[C@@H]1CC(C(=O)[C@@H](NC(=O)OC)C(C)C)[C@H](c2nc3c(ccc4cc5c(cc43)OCc3cc(Cl)ccc3-5)[nH]2)C1. The Kier molecular flexibility index (Phi) is 7.38. The molecule has 1 saturated carbocycles. The van der Waals surface area contributed by atoms with Gasteiger partial charge in [0.15, 0.2) is 5.78 Å². The van der Waals surface area contributed by atoms with Crippen molar-refractivity contribution in [1.29, 1.82) is 0 Å². The van der Waals surface area contributed by atoms with Gasteiger partial charge < -0.3 is 24.5 Å². The number of carbonyl (C=O) groups is 2. The van der Waals surface area contributed by atoms with E-state index in [9.17, 15) is 9.59 Å². The van der Waals surface area contributed by atoms with E-state index < -0.39 is 12.1 Å². The van der Waals surface area contributed by atoms with Crippen molar-refractivity contribution in [1.82, 2.24) is 15.3 Å². The number of imidazole rings is 1. The Morgan fingerprint density at radius 1 is 1.15 bits per heavy atom. The van der Waals surface area contributed by atoms with Crippen LogP contribution < -0.4 is 10.1 Å². The van der Waals surface area contributed by atoms with Crippen molar-refractivity contribution in [3.05, 3.63) is 58.9 Å². The van der Waals surface area contributed by atoms with Crippen LogP contribution in [0, 0.1) is 11.8 Å². The Labute approximate surface area is 243 Å². The van der Waals surface area contributed by atoms with Crippen molar-refractivity contribution in [2.24, 2.45) is 11.8 Å². The minimum Gasteiger partial charge on any atom is -0.488 e. The number of rotatable bonds is 7. The molecule has 1 fully saturated rings. The molecule has 6 rings (SSSR count). The van der Waals surface area contributed by atoms with E-state index in [-0.39, 0.29) is 29.6 Å². The fraction of sp³-hybridized carbons (Fsp3) is 0.406. The van der Waals surface area contributed by atoms with Crippen molar-refractivity contribution in [3.63, 3.8) is 0 Å². The maximum absolute atomic E-state index is 13.9. The lowest BCUT2D eigenvalue weighted by Crippen LogP contribution is -2.47. The van der Waals surface area contributed by atoms with Gasteiger partial charge in [-0.25, -0.2) is 9.78 Å². The molecule has 2 N–H and O–H groups in total. The monoisotopic (exact) mass is 575 g/mol. The first kappa shape index (κ1) is 27.5. The molecular weight excluding hydrogens is 542 g/mol. The summed E-state index contributed by atoms with van der Waals surface area (Å²) >= 11 is 6.22. The number of alkyl carbamates (subject to hydrolysis) is 1. The highest BCUT2D eigenvalue weighted by Crippen LogP contribution is 2.45. The van der Waals surface area contributed by atoms with Gasteiger partial charge in [0.2, 0.25) is 0 Å². The number of halogens is 1. The van der Waals surface area contributed by atoms with Crippen LogP contribution >= 0.6 is 11.6 Å². The van der Waals surface area contributed by atoms with Crippen molar-refractivity contribution >= 4 is 45.3 Å². The first-order chi connectivity index (χ1) is 19.8. The highest BCUT2D eigenvalue weighted by Gasteiger charge is 2.44. The Morgan fingerprint density at radius 3 is 2.73 bits per heavy atom. The first-order valence-electron chi connectivity index (χ1n) is 14.1. The highest BCUT2D eigenvalue weighted by atomic mass is 35.5. The smallest absolute Gasteiger partial charge is 0.407 e. The third-order valence-electron chi connectivity index (χ3n) is 8.40. The number of Topliss-reactive ketones (excluding diaryl/α,β-unsaturated/α-hetero) is 1. The summed E-state index contributed by atoms with van der Waals surface area (Å²) in [5, 5.41) is 5.47. The van der Waals surface area contributed by atoms with Crippen LogP contribution in [0.5, 0.6) is 5.75 Å². The average molecular weight is 576 g/mol. The number of hydrogen-bond donors (Lipinski definition) is 2. The number of aromatic nitrogens is 2. The average Bonchev–Trinajstić information content (AvgIpc) is 3.59. The fourth-order valence-corrected chi connectivity index (χ4v) is 6.61. The van der Waals surface area contributed by atoms with Gasteiger partial charge >= 0.3 is 6.09 Å². The van der Waals surface area contributed by atoms with E-state index >= 15 is 0 Å². The highest BCUT2D eigenvalue weighted by molar-refractivity contribution is 6.30. The quantitative estimate of drug-likeness (QED) is 0.252. The van der Waals surface area contributed by atoms with E-state index in [1.165, 1.54) is 7.11 Å². The Balaban J connectivity index is 1.39. The third-order valence-corrected chi connectivity index (χ3v) is 8.63. The number of methoxy groups -OCH3 is 1. The Morgan fingerprint density at radius 2 is 1.98 bits per heavy atom. The zero-order valence-corrected chi connectivity index (χ0v) is 24.4. The number of benzene rings is 3. The van der Waals surface area contributed by atoms with Crippen LogP contribution in [-0.2, 0) is 20.9 Å². The molecule has 9 heteroatoms. The van der Waals surface area contributed by atoms with Crippen LogP contribution in [0.25, 0.3) is 32.9 Å². The van der Waals surface area contributed by atoms with E-state index in [0.717, 1.165) is 50.1 Å². The molecule has 1 unspecified atom stereocenters. The number of hydrogen-bond acceptors (Lipinski definition) is 6. The standard InChI is InChI=1S/C32H34ClN3O5/c1-5-40-20-12-24(30(37)28(16(2)3)36-32(38)39-4)25(13-20)31-34-26-9-6-17-11-23-21-8-7-19(33)10-18(21)15-41-27(23)14-22(17)29(26)35-31/h6-11,14,16,20,24-25,28H,5,12-13,15H2,1-4H3,(H,34,35)(H,36,38)/t20-,24?,25-,28+/m1/s1. The predicted molar refractivity (Wildman–Crippen MR) is 158 cm³/mol. The van der Waals surface area contributed by atoms with E-state index in [2.05, 4.69) is 28.5 Å². The molecular formula is C32H34ClN3O5. The number of carbonyl (C=O) groups excluding carboxylic acids is 2. The van der Waals surface area contributed by atoms with Gasteiger partial charge in [-0.2, -0.15) is 0 Å². The van der Waals surface area contributed by atoms with Crippen LogP contribution in [0.1, 0.15) is 50.9 Å². The summed E-state index contributed by atoms with van der Waals surface area (Å²) < 4.78 is 16.9. The van der Waals surface area contributed by atoms with E-state index in [1.807, 2.05) is 45.0 Å². The number of aromatic amines is 1. The van der Waals surface area contributed by atoms with Crippen LogP contribution in [0.3, 0.4) is 0 Å². The molecule has 0 radical (unpaired) electrons. The summed E-state index contributed by atoms with van der Waals surface area (Å²) in [6.07, 6.45) is 0.567. The van der Waals surface area contributed by atoms with Crippen LogP contribution in [-0.4, -0.2) is 47.7 Å². The number of amides is 1. The van der Waals surface area contributed by atoms with Gasteiger partial charge in [-0.3, -0.25) is 4.79 Å². The topological polar surface area (TPSA) is 103 Å². The maximum Gasteiger partial charge on any atom is 0.407 e. The van der Waals surface area contributed by atoms with Gasteiger partial charge in [0.1, 0.15) is 18.2 Å². The second-order valence-corrected chi connectivity index (χ2v) is 11.7. The summed E-state index contributed by atoms with van der Waals surface area (Å²) in [6.45, 7) is 6.83. The molecule has 1 amide bonds. The van der Waals surface area contributed by atoms with Crippen molar-refractivity contribution < 1.29 is 23.8 Å². The normalized spacial score (nSPS) is 20.5. The van der Waals surface area contributed by atoms with Crippen LogP contribution in [0.15, 0.2) is 42.5 Å². The fourth-order valence-electron chi connectivity index (χ4n) is 6.41. The molecule has 1 aromatic heterocycles. The second kappa shape index (κ2) is 11.0. The summed E-state index contributed by atoms with van der Waals surface area (Å²) in [6, 6.07) is 13.6. The van der Waals surface area contributed by atoms with Crippen molar-refractivity contribution in [2.45, 2.75) is 58.3 Å². The third kappa shape index (κ3) is 5.04. The van der Waals surface area contributed by atoms with Gasteiger partial charge in [0, 0.05) is 34.4 Å². The number of H-pyrrole nitrogens is 1. The second-order valence-electron chi connectivity index (χ2n) is 11.3. The minimum atomic E-state index is -0.665. The summed E-state index contributed by atoms with van der Waals surface area (Å²) in [5.41, 5.74) is 4.95. The molecule has 0 bridgehead atoms. The molecule has 41 heavy (non-hydrogen) atoms. The number of ether oxygens (including phenoxy) is 3. The zero-order chi connectivity index (χ0) is 28.8. The van der Waals surface area contributed by atoms with Gasteiger partial charge in [-0.05, 0) is 72.5 Å². The largest absolute Gasteiger partial charge is 0.488 e. The molecule has 8 nitrogen and oxygen atoms in total. The van der Waals surface area contributed by atoms with Gasteiger partial charge in [0.05, 0.1) is 30.3 Å². The molecule has 214 valence electrons. The minimum absolute atomic E-state index is 0.0239. The number of nitrogens with zero attached hydrogens (tertiary/aromatic N) is 1. The Hall–Kier alpha value is -3.62. The molecule has 2 heterocycles. The molecule has 4 atom stereocenters. The van der Waals surface area contributed by atoms with Crippen LogP contribution in [0.2, 0.25) is 5.02 Å². The first-order valence-corrected chi connectivity index (χ1v) is 14.5. The summed E-state index contributed by atoms with van der Waals surface area (Å²) in [7, 11) is 1.30. The Bertz CT molecular complexity index is 1650. The maximum atomic E-state index is 13.9.